The summed E-state index contributed by atoms with van der Waals surface area (Å²) in [5.41, 5.74) is 2.03. The summed E-state index contributed by atoms with van der Waals surface area (Å²) in [5.74, 6) is 6.00. The first kappa shape index (κ1) is 17.7. The third-order valence-electron chi connectivity index (χ3n) is 2.74. The summed E-state index contributed by atoms with van der Waals surface area (Å²) in [6.45, 7) is 3.23. The molecule has 0 aromatic heterocycles. The molecule has 1 aromatic rings. The number of hydrogen-bond donors (Lipinski definition) is 1. The van der Waals surface area contributed by atoms with Gasteiger partial charge in [-0.05, 0) is 18.1 Å². The van der Waals surface area contributed by atoms with Gasteiger partial charge in [-0.15, -0.1) is 0 Å². The molecule has 1 rings (SSSR count). The van der Waals surface area contributed by atoms with Crippen LogP contribution in [0.1, 0.15) is 24.0 Å². The summed E-state index contributed by atoms with van der Waals surface area (Å²) in [7, 11) is 1.66. The van der Waals surface area contributed by atoms with E-state index in [2.05, 4.69) is 11.8 Å². The molecule has 0 bridgehead atoms. The average Bonchev–Trinajstić information content (AvgIpc) is 2.51. The minimum atomic E-state index is 0.0920. The van der Waals surface area contributed by atoms with Crippen LogP contribution < -0.4 is 0 Å². The molecule has 0 saturated carbocycles. The van der Waals surface area contributed by atoms with E-state index < -0.39 is 0 Å². The smallest absolute Gasteiger partial charge is 0.0728 e. The van der Waals surface area contributed by atoms with E-state index in [0.717, 1.165) is 17.5 Å². The quantitative estimate of drug-likeness (QED) is 0.529. The van der Waals surface area contributed by atoms with E-state index in [1.165, 1.54) is 0 Å². The van der Waals surface area contributed by atoms with Crippen LogP contribution >= 0.6 is 0 Å². The van der Waals surface area contributed by atoms with E-state index in [4.69, 9.17) is 19.3 Å². The lowest BCUT2D eigenvalue weighted by Crippen LogP contribution is -2.06. The van der Waals surface area contributed by atoms with E-state index in [1.807, 2.05) is 24.3 Å². The van der Waals surface area contributed by atoms with Crippen molar-refractivity contribution in [1.82, 2.24) is 0 Å². The van der Waals surface area contributed by atoms with Crippen molar-refractivity contribution in [3.63, 3.8) is 0 Å². The lowest BCUT2D eigenvalue weighted by Gasteiger charge is -2.07. The highest BCUT2D eigenvalue weighted by Gasteiger charge is 1.99. The van der Waals surface area contributed by atoms with Crippen LogP contribution in [0.5, 0.6) is 0 Å². The molecule has 0 spiro atoms. The molecule has 0 aliphatic heterocycles. The maximum atomic E-state index is 8.74. The largest absolute Gasteiger partial charge is 0.395 e. The number of hydrogen-bond acceptors (Lipinski definition) is 4. The predicted octanol–water partition coefficient (Wildman–Crippen LogP) is 1.99. The average molecular weight is 292 g/mol. The SMILES string of the molecule is COCCOCCCOCc1ccccc1C#CCCO. The van der Waals surface area contributed by atoms with Crippen molar-refractivity contribution in [1.29, 1.82) is 0 Å². The number of methoxy groups -OCH3 is 1. The second-order valence-electron chi connectivity index (χ2n) is 4.44. The molecule has 4 nitrogen and oxygen atoms in total. The van der Waals surface area contributed by atoms with E-state index in [-0.39, 0.29) is 6.61 Å². The Labute approximate surface area is 127 Å². The maximum Gasteiger partial charge on any atom is 0.0728 e. The standard InChI is InChI=1S/C17H24O4/c1-19-13-14-20-11-6-12-21-15-17-9-3-2-7-16(17)8-4-5-10-18/h2-3,7,9,18H,5-6,10-15H2,1H3. The Morgan fingerprint density at radius 1 is 1.05 bits per heavy atom. The molecule has 0 unspecified atom stereocenters. The van der Waals surface area contributed by atoms with Gasteiger partial charge in [0.1, 0.15) is 0 Å². The van der Waals surface area contributed by atoms with Crippen LogP contribution in [0.25, 0.3) is 0 Å². The van der Waals surface area contributed by atoms with E-state index >= 15 is 0 Å². The van der Waals surface area contributed by atoms with E-state index in [9.17, 15) is 0 Å². The Bertz CT molecular complexity index is 434. The zero-order chi connectivity index (χ0) is 15.2. The Morgan fingerprint density at radius 3 is 2.67 bits per heavy atom. The van der Waals surface area contributed by atoms with Crippen LogP contribution in [0, 0.1) is 11.8 Å². The molecule has 0 saturated heterocycles. The molecule has 116 valence electrons. The highest BCUT2D eigenvalue weighted by atomic mass is 16.5. The summed E-state index contributed by atoms with van der Waals surface area (Å²) in [6.07, 6.45) is 1.36. The van der Waals surface area contributed by atoms with Gasteiger partial charge in [0.2, 0.25) is 0 Å². The number of rotatable bonds is 10. The minimum absolute atomic E-state index is 0.0920. The monoisotopic (exact) mass is 292 g/mol. The second kappa shape index (κ2) is 12.4. The fourth-order valence-corrected chi connectivity index (χ4v) is 1.67. The van der Waals surface area contributed by atoms with Crippen molar-refractivity contribution in [3.05, 3.63) is 35.4 Å². The molecule has 0 amide bonds. The van der Waals surface area contributed by atoms with Gasteiger partial charge in [-0.3, -0.25) is 0 Å². The zero-order valence-corrected chi connectivity index (χ0v) is 12.6. The third kappa shape index (κ3) is 8.49. The third-order valence-corrected chi connectivity index (χ3v) is 2.74. The van der Waals surface area contributed by atoms with Gasteiger partial charge < -0.3 is 19.3 Å². The summed E-state index contributed by atoms with van der Waals surface area (Å²) in [5, 5.41) is 8.74. The van der Waals surface area contributed by atoms with Crippen LogP contribution in [-0.4, -0.2) is 45.3 Å². The fraction of sp³-hybridized carbons (Fsp3) is 0.529. The molecule has 4 heteroatoms. The van der Waals surface area contributed by atoms with Gasteiger partial charge in [-0.2, -0.15) is 0 Å². The van der Waals surface area contributed by atoms with Crippen molar-refractivity contribution >= 4 is 0 Å². The van der Waals surface area contributed by atoms with Crippen molar-refractivity contribution in [2.75, 3.05) is 40.1 Å². The molecular formula is C17H24O4. The molecule has 0 aliphatic rings. The number of benzene rings is 1. The van der Waals surface area contributed by atoms with Crippen LogP contribution in [0.2, 0.25) is 0 Å². The normalized spacial score (nSPS) is 10.2. The Balaban J connectivity index is 2.24. The van der Waals surface area contributed by atoms with Crippen molar-refractivity contribution in [2.45, 2.75) is 19.4 Å². The Hall–Kier alpha value is -1.38. The van der Waals surface area contributed by atoms with E-state index in [0.29, 0.717) is 39.5 Å². The molecular weight excluding hydrogens is 268 g/mol. The Kier molecular flexibility index (Phi) is 10.4. The van der Waals surface area contributed by atoms with Gasteiger partial charge in [-0.1, -0.05) is 30.0 Å². The first-order chi connectivity index (χ1) is 10.4. The van der Waals surface area contributed by atoms with Crippen molar-refractivity contribution in [3.8, 4) is 11.8 Å². The summed E-state index contributed by atoms with van der Waals surface area (Å²) in [6, 6.07) is 7.91. The van der Waals surface area contributed by atoms with Crippen LogP contribution in [0.4, 0.5) is 0 Å². The second-order valence-corrected chi connectivity index (χ2v) is 4.44. The number of ether oxygens (including phenoxy) is 3. The predicted molar refractivity (Wildman–Crippen MR) is 82.0 cm³/mol. The maximum absolute atomic E-state index is 8.74. The van der Waals surface area contributed by atoms with Gasteiger partial charge >= 0.3 is 0 Å². The van der Waals surface area contributed by atoms with Crippen LogP contribution in [-0.2, 0) is 20.8 Å². The molecule has 1 N–H and O–H groups in total. The first-order valence-corrected chi connectivity index (χ1v) is 7.20. The highest BCUT2D eigenvalue weighted by molar-refractivity contribution is 5.40. The van der Waals surface area contributed by atoms with Gasteiger partial charge in [0.25, 0.3) is 0 Å². The molecule has 0 heterocycles. The molecule has 21 heavy (non-hydrogen) atoms. The van der Waals surface area contributed by atoms with Crippen LogP contribution in [0.3, 0.4) is 0 Å². The van der Waals surface area contributed by atoms with Gasteiger partial charge in [0.15, 0.2) is 0 Å². The topological polar surface area (TPSA) is 47.9 Å². The van der Waals surface area contributed by atoms with Crippen molar-refractivity contribution in [2.24, 2.45) is 0 Å². The first-order valence-electron chi connectivity index (χ1n) is 7.20. The molecule has 1 aromatic carbocycles. The Morgan fingerprint density at radius 2 is 1.86 bits per heavy atom. The number of aliphatic hydroxyl groups excluding tert-OH is 1. The van der Waals surface area contributed by atoms with Gasteiger partial charge in [0, 0.05) is 32.3 Å². The van der Waals surface area contributed by atoms with E-state index in [1.54, 1.807) is 7.11 Å². The lowest BCUT2D eigenvalue weighted by atomic mass is 10.1. The molecule has 0 aliphatic carbocycles. The van der Waals surface area contributed by atoms with Gasteiger partial charge in [-0.25, -0.2) is 0 Å². The fourth-order valence-electron chi connectivity index (χ4n) is 1.67. The minimum Gasteiger partial charge on any atom is -0.395 e. The summed E-state index contributed by atoms with van der Waals surface area (Å²) in [4.78, 5) is 0. The molecule has 0 fully saturated rings. The molecule has 0 radical (unpaired) electrons. The van der Waals surface area contributed by atoms with Crippen molar-refractivity contribution < 1.29 is 19.3 Å². The highest BCUT2D eigenvalue weighted by Crippen LogP contribution is 2.09. The van der Waals surface area contributed by atoms with Crippen LogP contribution in [0.15, 0.2) is 24.3 Å². The lowest BCUT2D eigenvalue weighted by molar-refractivity contribution is 0.0483. The summed E-state index contributed by atoms with van der Waals surface area (Å²) >= 11 is 0. The van der Waals surface area contributed by atoms with Gasteiger partial charge in [0.05, 0.1) is 26.4 Å². The number of aliphatic hydroxyl groups is 1. The molecule has 0 atom stereocenters. The summed E-state index contributed by atoms with van der Waals surface area (Å²) < 4.78 is 15.9. The zero-order valence-electron chi connectivity index (χ0n) is 12.6.